The number of para-hydroxylation sites is 1. The van der Waals surface area contributed by atoms with E-state index >= 15 is 0 Å². The van der Waals surface area contributed by atoms with E-state index in [-0.39, 0.29) is 17.8 Å². The van der Waals surface area contributed by atoms with Crippen LogP contribution in [0.4, 0.5) is 10.1 Å². The van der Waals surface area contributed by atoms with Crippen molar-refractivity contribution in [3.05, 3.63) is 66.0 Å². The van der Waals surface area contributed by atoms with Crippen molar-refractivity contribution in [3.8, 4) is 0 Å². The molecule has 0 fully saturated rings. The number of anilines is 1. The van der Waals surface area contributed by atoms with E-state index in [1.54, 1.807) is 24.1 Å². The molecule has 1 unspecified atom stereocenters. The van der Waals surface area contributed by atoms with E-state index in [0.717, 1.165) is 11.3 Å². The SMILES string of the molecule is CC(c1ccc(F)cc1)N(C)C(=O)CN(C)c1ccccc1. The van der Waals surface area contributed by atoms with Crippen LogP contribution < -0.4 is 4.90 Å². The molecule has 4 heteroatoms. The molecule has 0 aliphatic heterocycles. The van der Waals surface area contributed by atoms with Gasteiger partial charge in [0.2, 0.25) is 5.91 Å². The van der Waals surface area contributed by atoms with Crippen molar-refractivity contribution in [2.45, 2.75) is 13.0 Å². The summed E-state index contributed by atoms with van der Waals surface area (Å²) >= 11 is 0. The lowest BCUT2D eigenvalue weighted by molar-refractivity contribution is -0.130. The largest absolute Gasteiger partial charge is 0.365 e. The maximum atomic E-state index is 13.0. The molecule has 0 aliphatic carbocycles. The molecule has 0 saturated carbocycles. The number of rotatable bonds is 5. The highest BCUT2D eigenvalue weighted by Gasteiger charge is 2.18. The van der Waals surface area contributed by atoms with Crippen molar-refractivity contribution in [1.29, 1.82) is 0 Å². The molecule has 1 amide bonds. The molecule has 22 heavy (non-hydrogen) atoms. The molecule has 0 N–H and O–H groups in total. The Morgan fingerprint density at radius 1 is 1.05 bits per heavy atom. The summed E-state index contributed by atoms with van der Waals surface area (Å²) in [4.78, 5) is 16.0. The normalized spacial score (nSPS) is 11.8. The second kappa shape index (κ2) is 7.07. The Morgan fingerprint density at radius 2 is 1.64 bits per heavy atom. The van der Waals surface area contributed by atoms with Crippen molar-refractivity contribution in [3.63, 3.8) is 0 Å². The highest BCUT2D eigenvalue weighted by molar-refractivity contribution is 5.81. The number of carbonyl (C=O) groups excluding carboxylic acids is 1. The van der Waals surface area contributed by atoms with E-state index in [0.29, 0.717) is 6.54 Å². The van der Waals surface area contributed by atoms with Crippen LogP contribution in [0.2, 0.25) is 0 Å². The highest BCUT2D eigenvalue weighted by atomic mass is 19.1. The quantitative estimate of drug-likeness (QED) is 0.844. The van der Waals surface area contributed by atoms with E-state index in [1.165, 1.54) is 12.1 Å². The predicted octanol–water partition coefficient (Wildman–Crippen LogP) is 3.48. The van der Waals surface area contributed by atoms with E-state index in [9.17, 15) is 9.18 Å². The lowest BCUT2D eigenvalue weighted by Crippen LogP contribution is -2.38. The topological polar surface area (TPSA) is 23.6 Å². The van der Waals surface area contributed by atoms with Crippen molar-refractivity contribution >= 4 is 11.6 Å². The second-order valence-electron chi connectivity index (χ2n) is 5.42. The van der Waals surface area contributed by atoms with Gasteiger partial charge in [-0.05, 0) is 36.8 Å². The van der Waals surface area contributed by atoms with Crippen molar-refractivity contribution < 1.29 is 9.18 Å². The summed E-state index contributed by atoms with van der Waals surface area (Å²) in [5.41, 5.74) is 1.92. The molecule has 2 aromatic rings. The third-order valence-corrected chi connectivity index (χ3v) is 3.90. The first-order valence-electron chi connectivity index (χ1n) is 7.26. The molecule has 0 heterocycles. The Morgan fingerprint density at radius 3 is 2.23 bits per heavy atom. The van der Waals surface area contributed by atoms with Crippen LogP contribution in [0.5, 0.6) is 0 Å². The Balaban J connectivity index is 2.01. The molecular weight excluding hydrogens is 279 g/mol. The molecule has 0 aromatic heterocycles. The summed E-state index contributed by atoms with van der Waals surface area (Å²) in [6.07, 6.45) is 0. The Hall–Kier alpha value is -2.36. The predicted molar refractivity (Wildman–Crippen MR) is 87.3 cm³/mol. The number of benzene rings is 2. The number of carbonyl (C=O) groups is 1. The van der Waals surface area contributed by atoms with Gasteiger partial charge in [0.1, 0.15) is 5.82 Å². The van der Waals surface area contributed by atoms with E-state index in [4.69, 9.17) is 0 Å². The van der Waals surface area contributed by atoms with Crippen molar-refractivity contribution in [2.75, 3.05) is 25.5 Å². The van der Waals surface area contributed by atoms with Crippen LogP contribution in [0.15, 0.2) is 54.6 Å². The molecule has 1 atom stereocenters. The fourth-order valence-corrected chi connectivity index (χ4v) is 2.27. The number of likely N-dealkylation sites (N-methyl/N-ethyl adjacent to an activating group) is 2. The summed E-state index contributed by atoms with van der Waals surface area (Å²) in [7, 11) is 3.67. The Bertz CT molecular complexity index is 613. The zero-order valence-electron chi connectivity index (χ0n) is 13.2. The van der Waals surface area contributed by atoms with E-state index in [2.05, 4.69) is 0 Å². The van der Waals surface area contributed by atoms with Gasteiger partial charge in [0.15, 0.2) is 0 Å². The van der Waals surface area contributed by atoms with Crippen molar-refractivity contribution in [2.24, 2.45) is 0 Å². The summed E-state index contributed by atoms with van der Waals surface area (Å²) in [5.74, 6) is -0.253. The van der Waals surface area contributed by atoms with Crippen LogP contribution in [-0.4, -0.2) is 31.4 Å². The van der Waals surface area contributed by atoms with Gasteiger partial charge in [-0.3, -0.25) is 4.79 Å². The molecule has 0 saturated heterocycles. The molecule has 0 radical (unpaired) electrons. The number of halogens is 1. The smallest absolute Gasteiger partial charge is 0.242 e. The minimum absolute atomic E-state index is 0.0168. The molecule has 0 bridgehead atoms. The van der Waals surface area contributed by atoms with Gasteiger partial charge in [-0.25, -0.2) is 4.39 Å². The van der Waals surface area contributed by atoms with Crippen LogP contribution >= 0.6 is 0 Å². The molecule has 2 aromatic carbocycles. The average molecular weight is 300 g/mol. The molecule has 116 valence electrons. The number of amides is 1. The fraction of sp³-hybridized carbons (Fsp3) is 0.278. The molecule has 2 rings (SSSR count). The Labute approximate surface area is 131 Å². The number of hydrogen-bond acceptors (Lipinski definition) is 2. The van der Waals surface area contributed by atoms with Gasteiger partial charge in [0.25, 0.3) is 0 Å². The van der Waals surface area contributed by atoms with Gasteiger partial charge in [-0.15, -0.1) is 0 Å². The maximum absolute atomic E-state index is 13.0. The first-order valence-corrected chi connectivity index (χ1v) is 7.26. The number of hydrogen-bond donors (Lipinski definition) is 0. The van der Waals surface area contributed by atoms with Gasteiger partial charge >= 0.3 is 0 Å². The summed E-state index contributed by atoms with van der Waals surface area (Å²) in [6.45, 7) is 2.24. The van der Waals surface area contributed by atoms with Crippen LogP contribution in [0.3, 0.4) is 0 Å². The van der Waals surface area contributed by atoms with Gasteiger partial charge in [0, 0.05) is 19.8 Å². The van der Waals surface area contributed by atoms with Gasteiger partial charge in [0.05, 0.1) is 12.6 Å². The zero-order chi connectivity index (χ0) is 16.1. The van der Waals surface area contributed by atoms with Crippen LogP contribution in [0, 0.1) is 5.82 Å². The first-order chi connectivity index (χ1) is 10.5. The van der Waals surface area contributed by atoms with Crippen LogP contribution in [-0.2, 0) is 4.79 Å². The first kappa shape index (κ1) is 16.0. The molecule has 0 aliphatic rings. The van der Waals surface area contributed by atoms with Crippen molar-refractivity contribution in [1.82, 2.24) is 4.90 Å². The van der Waals surface area contributed by atoms with E-state index in [1.807, 2.05) is 49.2 Å². The zero-order valence-corrected chi connectivity index (χ0v) is 13.2. The maximum Gasteiger partial charge on any atom is 0.242 e. The lowest BCUT2D eigenvalue weighted by Gasteiger charge is -2.28. The molecule has 3 nitrogen and oxygen atoms in total. The summed E-state index contributed by atoms with van der Waals surface area (Å²) < 4.78 is 13.0. The van der Waals surface area contributed by atoms with Gasteiger partial charge in [-0.1, -0.05) is 30.3 Å². The van der Waals surface area contributed by atoms with Crippen LogP contribution in [0.1, 0.15) is 18.5 Å². The fourth-order valence-electron chi connectivity index (χ4n) is 2.27. The summed E-state index contributed by atoms with van der Waals surface area (Å²) in [5, 5.41) is 0. The van der Waals surface area contributed by atoms with E-state index < -0.39 is 0 Å². The molecule has 0 spiro atoms. The third kappa shape index (κ3) is 3.85. The number of nitrogens with zero attached hydrogens (tertiary/aromatic N) is 2. The lowest BCUT2D eigenvalue weighted by atomic mass is 10.1. The highest BCUT2D eigenvalue weighted by Crippen LogP contribution is 2.20. The minimum atomic E-state index is -0.270. The van der Waals surface area contributed by atoms with Gasteiger partial charge < -0.3 is 9.80 Å². The average Bonchev–Trinajstić information content (AvgIpc) is 2.55. The monoisotopic (exact) mass is 300 g/mol. The second-order valence-corrected chi connectivity index (χ2v) is 5.42. The van der Waals surface area contributed by atoms with Gasteiger partial charge in [-0.2, -0.15) is 0 Å². The Kier molecular flexibility index (Phi) is 5.15. The van der Waals surface area contributed by atoms with Crippen LogP contribution in [0.25, 0.3) is 0 Å². The molecular formula is C18H21FN2O. The minimum Gasteiger partial charge on any atom is -0.365 e. The summed E-state index contributed by atoms with van der Waals surface area (Å²) in [6, 6.07) is 15.9. The standard InChI is InChI=1S/C18H21FN2O/c1-14(15-9-11-16(19)12-10-15)21(3)18(22)13-20(2)17-7-5-4-6-8-17/h4-12,14H,13H2,1-3H3. The third-order valence-electron chi connectivity index (χ3n) is 3.90.